The van der Waals surface area contributed by atoms with Crippen LogP contribution in [0.2, 0.25) is 0 Å². The monoisotopic (exact) mass is 279 g/mol. The molecule has 0 N–H and O–H groups in total. The SMILES string of the molecule is CSC(C#Cc1ccccc1)n1nnc2ccccc21. The third kappa shape index (κ3) is 2.54. The summed E-state index contributed by atoms with van der Waals surface area (Å²) in [5.74, 6) is 6.44. The molecule has 1 atom stereocenters. The molecule has 3 nitrogen and oxygen atoms in total. The summed E-state index contributed by atoms with van der Waals surface area (Å²) >= 11 is 1.65. The molecule has 0 fully saturated rings. The van der Waals surface area contributed by atoms with Gasteiger partial charge in [-0.3, -0.25) is 0 Å². The van der Waals surface area contributed by atoms with Gasteiger partial charge in [-0.2, -0.15) is 0 Å². The molecule has 0 saturated carbocycles. The fraction of sp³-hybridized carbons (Fsp3) is 0.125. The van der Waals surface area contributed by atoms with Crippen LogP contribution in [0.1, 0.15) is 10.9 Å². The number of para-hydroxylation sites is 1. The van der Waals surface area contributed by atoms with E-state index in [0.29, 0.717) is 0 Å². The smallest absolute Gasteiger partial charge is 0.160 e. The lowest BCUT2D eigenvalue weighted by Gasteiger charge is -2.07. The summed E-state index contributed by atoms with van der Waals surface area (Å²) in [6.07, 6.45) is 2.03. The van der Waals surface area contributed by atoms with Crippen molar-refractivity contribution in [2.24, 2.45) is 0 Å². The van der Waals surface area contributed by atoms with Gasteiger partial charge in [-0.05, 0) is 30.5 Å². The number of hydrogen-bond donors (Lipinski definition) is 0. The fourth-order valence-corrected chi connectivity index (χ4v) is 2.48. The Labute approximate surface area is 122 Å². The van der Waals surface area contributed by atoms with E-state index in [1.807, 2.05) is 65.5 Å². The summed E-state index contributed by atoms with van der Waals surface area (Å²) in [5, 5.41) is 8.36. The predicted molar refractivity (Wildman–Crippen MR) is 83.4 cm³/mol. The second-order valence-corrected chi connectivity index (χ2v) is 5.16. The first-order chi connectivity index (χ1) is 9.88. The minimum atomic E-state index is -0.0393. The molecule has 0 saturated heterocycles. The molecule has 0 radical (unpaired) electrons. The largest absolute Gasteiger partial charge is 0.219 e. The minimum absolute atomic E-state index is 0.0393. The Morgan fingerprint density at radius 1 is 1.05 bits per heavy atom. The van der Waals surface area contributed by atoms with Crippen LogP contribution in [0.4, 0.5) is 0 Å². The highest BCUT2D eigenvalue weighted by Crippen LogP contribution is 2.22. The molecule has 20 heavy (non-hydrogen) atoms. The van der Waals surface area contributed by atoms with Crippen LogP contribution in [0.15, 0.2) is 54.6 Å². The second-order valence-electron chi connectivity index (χ2n) is 4.25. The van der Waals surface area contributed by atoms with Gasteiger partial charge >= 0.3 is 0 Å². The summed E-state index contributed by atoms with van der Waals surface area (Å²) in [5.41, 5.74) is 2.92. The van der Waals surface area contributed by atoms with Crippen molar-refractivity contribution in [1.29, 1.82) is 0 Å². The molecule has 4 heteroatoms. The van der Waals surface area contributed by atoms with Crippen molar-refractivity contribution in [3.8, 4) is 11.8 Å². The topological polar surface area (TPSA) is 30.7 Å². The number of thioether (sulfide) groups is 1. The number of hydrogen-bond acceptors (Lipinski definition) is 3. The molecule has 0 aliphatic heterocycles. The number of rotatable bonds is 2. The summed E-state index contributed by atoms with van der Waals surface area (Å²) < 4.78 is 1.87. The van der Waals surface area contributed by atoms with E-state index in [9.17, 15) is 0 Å². The number of nitrogens with zero attached hydrogens (tertiary/aromatic N) is 3. The maximum absolute atomic E-state index is 4.22. The van der Waals surface area contributed by atoms with Gasteiger partial charge in [0.25, 0.3) is 0 Å². The lowest BCUT2D eigenvalue weighted by atomic mass is 10.2. The molecule has 1 heterocycles. The predicted octanol–water partition coefficient (Wildman–Crippen LogP) is 3.34. The molecule has 1 aromatic heterocycles. The highest BCUT2D eigenvalue weighted by atomic mass is 32.2. The Kier molecular flexibility index (Phi) is 3.71. The fourth-order valence-electron chi connectivity index (χ4n) is 1.95. The standard InChI is InChI=1S/C16H13N3S/c1-20-16(12-11-13-7-3-2-4-8-13)19-15-10-6-5-9-14(15)17-18-19/h2-10,16H,1H3. The van der Waals surface area contributed by atoms with Gasteiger partial charge in [0, 0.05) is 5.56 Å². The van der Waals surface area contributed by atoms with E-state index in [-0.39, 0.29) is 5.37 Å². The molecule has 3 aromatic rings. The Hall–Kier alpha value is -2.25. The first-order valence-corrected chi connectivity index (χ1v) is 7.56. The maximum atomic E-state index is 4.22. The first-order valence-electron chi connectivity index (χ1n) is 6.28. The number of fused-ring (bicyclic) bond motifs is 1. The van der Waals surface area contributed by atoms with Gasteiger partial charge in [0.05, 0.1) is 5.52 Å². The summed E-state index contributed by atoms with van der Waals surface area (Å²) in [6, 6.07) is 17.9. The molecular formula is C16H13N3S. The van der Waals surface area contributed by atoms with E-state index < -0.39 is 0 Å². The Bertz CT molecular complexity index is 768. The van der Waals surface area contributed by atoms with E-state index >= 15 is 0 Å². The molecule has 0 spiro atoms. The zero-order valence-electron chi connectivity index (χ0n) is 11.0. The van der Waals surface area contributed by atoms with Gasteiger partial charge in [-0.15, -0.1) is 16.9 Å². The highest BCUT2D eigenvalue weighted by Gasteiger charge is 2.11. The molecule has 1 unspecified atom stereocenters. The van der Waals surface area contributed by atoms with Crippen LogP contribution in [0.5, 0.6) is 0 Å². The van der Waals surface area contributed by atoms with Crippen molar-refractivity contribution < 1.29 is 0 Å². The molecule has 0 aliphatic rings. The van der Waals surface area contributed by atoms with Crippen LogP contribution in [-0.2, 0) is 0 Å². The van der Waals surface area contributed by atoms with Crippen LogP contribution in [-0.4, -0.2) is 21.2 Å². The van der Waals surface area contributed by atoms with E-state index in [4.69, 9.17) is 0 Å². The van der Waals surface area contributed by atoms with Gasteiger partial charge in [-0.25, -0.2) is 4.68 Å². The molecule has 98 valence electrons. The normalized spacial score (nSPS) is 11.8. The average Bonchev–Trinajstić information content (AvgIpc) is 2.93. The molecule has 3 rings (SSSR count). The van der Waals surface area contributed by atoms with Crippen molar-refractivity contribution in [2.75, 3.05) is 6.26 Å². The Balaban J connectivity index is 1.97. The van der Waals surface area contributed by atoms with E-state index in [1.165, 1.54) is 0 Å². The second kappa shape index (κ2) is 5.81. The average molecular weight is 279 g/mol. The molecule has 0 amide bonds. The van der Waals surface area contributed by atoms with Crippen molar-refractivity contribution in [3.05, 3.63) is 60.2 Å². The lowest BCUT2D eigenvalue weighted by molar-refractivity contribution is 0.681. The van der Waals surface area contributed by atoms with Crippen molar-refractivity contribution in [1.82, 2.24) is 15.0 Å². The summed E-state index contributed by atoms with van der Waals surface area (Å²) in [4.78, 5) is 0. The molecule has 0 bridgehead atoms. The van der Waals surface area contributed by atoms with Crippen molar-refractivity contribution in [3.63, 3.8) is 0 Å². The van der Waals surface area contributed by atoms with E-state index in [0.717, 1.165) is 16.6 Å². The van der Waals surface area contributed by atoms with Gasteiger partial charge in [0.1, 0.15) is 5.52 Å². The van der Waals surface area contributed by atoms with Crippen molar-refractivity contribution >= 4 is 22.8 Å². The zero-order chi connectivity index (χ0) is 13.8. The molecule has 2 aromatic carbocycles. The van der Waals surface area contributed by atoms with Crippen LogP contribution in [0.3, 0.4) is 0 Å². The van der Waals surface area contributed by atoms with Gasteiger partial charge < -0.3 is 0 Å². The van der Waals surface area contributed by atoms with Crippen molar-refractivity contribution in [2.45, 2.75) is 5.37 Å². The third-order valence-corrected chi connectivity index (χ3v) is 3.70. The van der Waals surface area contributed by atoms with Crippen LogP contribution < -0.4 is 0 Å². The Morgan fingerprint density at radius 3 is 2.60 bits per heavy atom. The van der Waals surface area contributed by atoms with E-state index in [2.05, 4.69) is 22.2 Å². The van der Waals surface area contributed by atoms with Crippen LogP contribution >= 0.6 is 11.8 Å². The first kappa shape index (κ1) is 12.8. The molecular weight excluding hydrogens is 266 g/mol. The quantitative estimate of drug-likeness (QED) is 0.674. The van der Waals surface area contributed by atoms with Gasteiger partial charge in [-0.1, -0.05) is 47.4 Å². The summed E-state index contributed by atoms with van der Waals surface area (Å²) in [6.45, 7) is 0. The summed E-state index contributed by atoms with van der Waals surface area (Å²) in [7, 11) is 0. The third-order valence-electron chi connectivity index (χ3n) is 2.94. The van der Waals surface area contributed by atoms with Gasteiger partial charge in [0.2, 0.25) is 0 Å². The maximum Gasteiger partial charge on any atom is 0.160 e. The van der Waals surface area contributed by atoms with Gasteiger partial charge in [0.15, 0.2) is 5.37 Å². The zero-order valence-corrected chi connectivity index (χ0v) is 11.8. The van der Waals surface area contributed by atoms with E-state index in [1.54, 1.807) is 11.8 Å². The molecule has 0 aliphatic carbocycles. The highest BCUT2D eigenvalue weighted by molar-refractivity contribution is 7.98. The Morgan fingerprint density at radius 2 is 1.80 bits per heavy atom. The van der Waals surface area contributed by atoms with Crippen LogP contribution in [0.25, 0.3) is 11.0 Å². The van der Waals surface area contributed by atoms with Crippen LogP contribution in [0, 0.1) is 11.8 Å². The lowest BCUT2D eigenvalue weighted by Crippen LogP contribution is -2.04. The number of aromatic nitrogens is 3. The minimum Gasteiger partial charge on any atom is -0.219 e. The number of benzene rings is 2.